The minimum atomic E-state index is -0.233. The van der Waals surface area contributed by atoms with Gasteiger partial charge in [0.15, 0.2) is 0 Å². The molecular weight excluding hydrogens is 314 g/mol. The van der Waals surface area contributed by atoms with E-state index in [9.17, 15) is 9.90 Å². The van der Waals surface area contributed by atoms with Gasteiger partial charge in [0.05, 0.1) is 11.6 Å². The lowest BCUT2D eigenvalue weighted by Crippen LogP contribution is -2.41. The number of carbonyl (C=O) groups excluding carboxylic acids is 1. The number of halogens is 1. The molecule has 6 heteroatoms. The zero-order valence-electron chi connectivity index (χ0n) is 12.8. The third-order valence-electron chi connectivity index (χ3n) is 4.81. The number of pyridine rings is 1. The Morgan fingerprint density at radius 2 is 2.09 bits per heavy atom. The summed E-state index contributed by atoms with van der Waals surface area (Å²) in [5.41, 5.74) is 3.87. The van der Waals surface area contributed by atoms with Gasteiger partial charge in [-0.1, -0.05) is 11.6 Å². The lowest BCUT2D eigenvalue weighted by Gasteiger charge is -2.30. The van der Waals surface area contributed by atoms with Gasteiger partial charge < -0.3 is 9.67 Å². The molecule has 4 rings (SSSR count). The molecule has 5 nitrogen and oxygen atoms in total. The first-order valence-electron chi connectivity index (χ1n) is 7.98. The van der Waals surface area contributed by atoms with Gasteiger partial charge in [0.1, 0.15) is 11.5 Å². The molecule has 23 heavy (non-hydrogen) atoms. The molecule has 1 aliphatic carbocycles. The summed E-state index contributed by atoms with van der Waals surface area (Å²) in [4.78, 5) is 18.9. The highest BCUT2D eigenvalue weighted by atomic mass is 35.5. The maximum Gasteiger partial charge on any atom is 0.276 e. The van der Waals surface area contributed by atoms with E-state index in [-0.39, 0.29) is 12.5 Å². The number of aliphatic hydroxyl groups is 1. The first-order valence-corrected chi connectivity index (χ1v) is 8.36. The number of aliphatic hydroxyl groups excluding tert-OH is 1. The Balaban J connectivity index is 1.76. The van der Waals surface area contributed by atoms with E-state index in [1.165, 1.54) is 24.1 Å². The van der Waals surface area contributed by atoms with Gasteiger partial charge in [-0.15, -0.1) is 0 Å². The molecule has 0 atom stereocenters. The summed E-state index contributed by atoms with van der Waals surface area (Å²) in [5, 5.41) is 10.0. The van der Waals surface area contributed by atoms with Crippen molar-refractivity contribution in [2.45, 2.75) is 38.8 Å². The number of anilines is 1. The molecule has 0 radical (unpaired) electrons. The van der Waals surface area contributed by atoms with E-state index >= 15 is 0 Å². The van der Waals surface area contributed by atoms with Crippen LogP contribution in [0.4, 0.5) is 5.82 Å². The van der Waals surface area contributed by atoms with Gasteiger partial charge in [0.2, 0.25) is 0 Å². The summed E-state index contributed by atoms with van der Waals surface area (Å²) in [6.07, 6.45) is 6.07. The van der Waals surface area contributed by atoms with Crippen molar-refractivity contribution in [2.24, 2.45) is 0 Å². The van der Waals surface area contributed by atoms with Crippen LogP contribution in [0.1, 0.15) is 40.2 Å². The van der Waals surface area contributed by atoms with Crippen molar-refractivity contribution in [1.82, 2.24) is 9.55 Å². The first-order chi connectivity index (χ1) is 11.2. The summed E-state index contributed by atoms with van der Waals surface area (Å²) >= 11 is 6.14. The molecule has 3 heterocycles. The summed E-state index contributed by atoms with van der Waals surface area (Å²) in [6, 6.07) is 3.67. The van der Waals surface area contributed by atoms with Crippen LogP contribution in [0.3, 0.4) is 0 Å². The Bertz CT molecular complexity index is 784. The van der Waals surface area contributed by atoms with Crippen LogP contribution >= 0.6 is 11.6 Å². The highest BCUT2D eigenvalue weighted by molar-refractivity contribution is 6.31. The molecule has 0 unspecified atom stereocenters. The fourth-order valence-electron chi connectivity index (χ4n) is 3.68. The van der Waals surface area contributed by atoms with Crippen LogP contribution in [0.2, 0.25) is 5.02 Å². The summed E-state index contributed by atoms with van der Waals surface area (Å²) in [6.45, 7) is 1.08. The van der Waals surface area contributed by atoms with Gasteiger partial charge in [-0.3, -0.25) is 9.69 Å². The quantitative estimate of drug-likeness (QED) is 0.920. The summed E-state index contributed by atoms with van der Waals surface area (Å²) in [7, 11) is 0. The van der Waals surface area contributed by atoms with Crippen LogP contribution < -0.4 is 4.90 Å². The summed E-state index contributed by atoms with van der Waals surface area (Å²) < 4.78 is 2.16. The van der Waals surface area contributed by atoms with Crippen molar-refractivity contribution in [3.05, 3.63) is 45.9 Å². The van der Waals surface area contributed by atoms with Gasteiger partial charge in [-0.2, -0.15) is 0 Å². The largest absolute Gasteiger partial charge is 0.391 e. The Hall–Kier alpha value is -1.85. The predicted molar refractivity (Wildman–Crippen MR) is 87.9 cm³/mol. The molecular formula is C17H18ClN3O2. The second-order valence-electron chi connectivity index (χ2n) is 6.07. The standard InChI is InChI=1S/C17H18ClN3O2/c18-13-5-6-19-16(12(13)10-22)21-8-7-20-14-4-2-1-3-11(14)9-15(20)17(21)23/h5-6,9,22H,1-4,7-8,10H2. The highest BCUT2D eigenvalue weighted by Gasteiger charge is 2.31. The second kappa shape index (κ2) is 5.65. The Morgan fingerprint density at radius 3 is 2.91 bits per heavy atom. The third kappa shape index (κ3) is 2.26. The molecule has 0 saturated heterocycles. The van der Waals surface area contributed by atoms with Gasteiger partial charge in [0.25, 0.3) is 5.91 Å². The maximum absolute atomic E-state index is 13.0. The van der Waals surface area contributed by atoms with E-state index in [2.05, 4.69) is 9.55 Å². The fraction of sp³-hybridized carbons (Fsp3) is 0.412. The van der Waals surface area contributed by atoms with Crippen LogP contribution in [0.25, 0.3) is 0 Å². The third-order valence-corrected chi connectivity index (χ3v) is 5.16. The molecule has 120 valence electrons. The van der Waals surface area contributed by atoms with Gasteiger partial charge in [-0.25, -0.2) is 4.98 Å². The van der Waals surface area contributed by atoms with Gasteiger partial charge in [-0.05, 0) is 43.4 Å². The van der Waals surface area contributed by atoms with Crippen LogP contribution in [0.5, 0.6) is 0 Å². The normalized spacial score (nSPS) is 17.1. The Kier molecular flexibility index (Phi) is 3.62. The van der Waals surface area contributed by atoms with Gasteiger partial charge in [0, 0.05) is 30.5 Å². The van der Waals surface area contributed by atoms with Crippen LogP contribution in [-0.4, -0.2) is 27.1 Å². The zero-order valence-corrected chi connectivity index (χ0v) is 13.5. The minimum Gasteiger partial charge on any atom is -0.391 e. The van der Waals surface area contributed by atoms with E-state index in [0.717, 1.165) is 25.1 Å². The number of hydrogen-bond donors (Lipinski definition) is 1. The van der Waals surface area contributed by atoms with Crippen molar-refractivity contribution < 1.29 is 9.90 Å². The Morgan fingerprint density at radius 1 is 1.26 bits per heavy atom. The monoisotopic (exact) mass is 331 g/mol. The molecule has 1 N–H and O–H groups in total. The number of fused-ring (bicyclic) bond motifs is 3. The molecule has 1 aliphatic heterocycles. The molecule has 0 saturated carbocycles. The van der Waals surface area contributed by atoms with E-state index < -0.39 is 0 Å². The SMILES string of the molecule is O=C1c2cc3c(n2CCN1c1nccc(Cl)c1CO)CCCC3. The van der Waals surface area contributed by atoms with E-state index in [1.807, 2.05) is 6.07 Å². The highest BCUT2D eigenvalue weighted by Crippen LogP contribution is 2.32. The maximum atomic E-state index is 13.0. The molecule has 2 aromatic rings. The number of nitrogens with zero attached hydrogens (tertiary/aromatic N) is 3. The van der Waals surface area contributed by atoms with E-state index in [0.29, 0.717) is 22.9 Å². The number of amides is 1. The average Bonchev–Trinajstić information content (AvgIpc) is 2.95. The second-order valence-corrected chi connectivity index (χ2v) is 6.48. The predicted octanol–water partition coefficient (Wildman–Crippen LogP) is 2.57. The molecule has 1 amide bonds. The fourth-order valence-corrected chi connectivity index (χ4v) is 3.88. The van der Waals surface area contributed by atoms with Crippen molar-refractivity contribution in [3.8, 4) is 0 Å². The van der Waals surface area contributed by atoms with Crippen LogP contribution in [0, 0.1) is 0 Å². The topological polar surface area (TPSA) is 58.4 Å². The van der Waals surface area contributed by atoms with Crippen molar-refractivity contribution in [1.29, 1.82) is 0 Å². The smallest absolute Gasteiger partial charge is 0.276 e. The van der Waals surface area contributed by atoms with Gasteiger partial charge >= 0.3 is 0 Å². The molecule has 0 fully saturated rings. The molecule has 0 spiro atoms. The molecule has 0 bridgehead atoms. The number of rotatable bonds is 2. The van der Waals surface area contributed by atoms with Crippen molar-refractivity contribution in [2.75, 3.05) is 11.4 Å². The lowest BCUT2D eigenvalue weighted by molar-refractivity contribution is 0.0963. The van der Waals surface area contributed by atoms with Crippen LogP contribution in [0.15, 0.2) is 18.3 Å². The number of carbonyl (C=O) groups is 1. The van der Waals surface area contributed by atoms with Crippen LogP contribution in [-0.2, 0) is 26.0 Å². The molecule has 2 aromatic heterocycles. The minimum absolute atomic E-state index is 0.0601. The number of aryl methyl sites for hydroxylation is 1. The summed E-state index contributed by atoms with van der Waals surface area (Å²) in [5.74, 6) is 0.408. The van der Waals surface area contributed by atoms with Crippen molar-refractivity contribution in [3.63, 3.8) is 0 Å². The average molecular weight is 332 g/mol. The van der Waals surface area contributed by atoms with E-state index in [4.69, 9.17) is 11.6 Å². The first kappa shape index (κ1) is 14.7. The number of aromatic nitrogens is 2. The number of hydrogen-bond acceptors (Lipinski definition) is 3. The molecule has 0 aromatic carbocycles. The van der Waals surface area contributed by atoms with E-state index in [1.54, 1.807) is 17.2 Å². The lowest BCUT2D eigenvalue weighted by atomic mass is 9.98. The zero-order chi connectivity index (χ0) is 16.0. The molecule has 2 aliphatic rings. The van der Waals surface area contributed by atoms with Crippen molar-refractivity contribution >= 4 is 23.3 Å². The Labute approximate surface area is 139 Å².